The van der Waals surface area contributed by atoms with E-state index in [0.717, 1.165) is 13.1 Å². The first-order valence-electron chi connectivity index (χ1n) is 12.3. The van der Waals surface area contributed by atoms with Crippen LogP contribution in [0.2, 0.25) is 0 Å². The number of likely N-dealkylation sites (tertiary alicyclic amines) is 1. The molecule has 37 heavy (non-hydrogen) atoms. The Labute approximate surface area is 214 Å². The highest BCUT2D eigenvalue weighted by Crippen LogP contribution is 2.25. The molecule has 5 rings (SSSR count). The Morgan fingerprint density at radius 2 is 2.03 bits per heavy atom. The number of hydrogen-bond acceptors (Lipinski definition) is 8. The lowest BCUT2D eigenvalue weighted by atomic mass is 10.2. The SMILES string of the molecule is CC(C)NC(=O)c1c[nH]c2ncc(Oc3cccc(NC(=O)/C=C/CN4C[C@@H]5OCCO[C@@H]5C4)c3)nc12. The number of H-pyrrole nitrogens is 1. The standard InChI is InChI=1S/C26H30N6O5/c1-16(2)29-26(34)19-12-27-25-24(19)31-23(13-28-25)37-18-6-3-5-17(11-18)30-22(33)7-4-8-32-14-20-21(15-32)36-10-9-35-20/h3-7,11-13,16,20-21H,8-10,14-15H2,1-2H3,(H,27,28)(H,29,34)(H,30,33)/b7-4+/t20-,21+. The van der Waals surface area contributed by atoms with Crippen molar-refractivity contribution in [3.05, 3.63) is 54.4 Å². The Morgan fingerprint density at radius 1 is 1.24 bits per heavy atom. The normalized spacial score (nSPS) is 19.9. The smallest absolute Gasteiger partial charge is 0.255 e. The number of aromatic nitrogens is 3. The van der Waals surface area contributed by atoms with Crippen LogP contribution in [0.3, 0.4) is 0 Å². The summed E-state index contributed by atoms with van der Waals surface area (Å²) in [7, 11) is 0. The molecule has 3 N–H and O–H groups in total. The van der Waals surface area contributed by atoms with Gasteiger partial charge in [0.05, 0.1) is 37.2 Å². The second-order valence-corrected chi connectivity index (χ2v) is 9.29. The predicted molar refractivity (Wildman–Crippen MR) is 137 cm³/mol. The quantitative estimate of drug-likeness (QED) is 0.397. The van der Waals surface area contributed by atoms with E-state index >= 15 is 0 Å². The van der Waals surface area contributed by atoms with Crippen LogP contribution in [0.15, 0.2) is 48.8 Å². The number of benzene rings is 1. The predicted octanol–water partition coefficient (Wildman–Crippen LogP) is 2.48. The van der Waals surface area contributed by atoms with Crippen molar-refractivity contribution in [2.75, 3.05) is 38.2 Å². The van der Waals surface area contributed by atoms with Crippen molar-refractivity contribution >= 4 is 28.7 Å². The average molecular weight is 507 g/mol. The van der Waals surface area contributed by atoms with E-state index in [1.54, 1.807) is 30.5 Å². The van der Waals surface area contributed by atoms with Gasteiger partial charge in [0, 0.05) is 49.7 Å². The first-order valence-corrected chi connectivity index (χ1v) is 12.3. The molecule has 3 aromatic rings. The highest BCUT2D eigenvalue weighted by Gasteiger charge is 2.35. The van der Waals surface area contributed by atoms with Gasteiger partial charge in [0.25, 0.3) is 5.91 Å². The summed E-state index contributed by atoms with van der Waals surface area (Å²) < 4.78 is 17.3. The topological polar surface area (TPSA) is 131 Å². The van der Waals surface area contributed by atoms with Gasteiger partial charge in [-0.25, -0.2) is 9.97 Å². The lowest BCUT2D eigenvalue weighted by Crippen LogP contribution is -2.36. The van der Waals surface area contributed by atoms with Gasteiger partial charge in [-0.15, -0.1) is 0 Å². The zero-order chi connectivity index (χ0) is 25.8. The molecule has 2 aliphatic heterocycles. The van der Waals surface area contributed by atoms with Crippen LogP contribution in [0.5, 0.6) is 11.6 Å². The van der Waals surface area contributed by atoms with Crippen LogP contribution in [0.1, 0.15) is 24.2 Å². The largest absolute Gasteiger partial charge is 0.437 e. The van der Waals surface area contributed by atoms with Gasteiger partial charge >= 0.3 is 0 Å². The molecule has 0 aliphatic carbocycles. The molecule has 0 radical (unpaired) electrons. The molecule has 0 unspecified atom stereocenters. The summed E-state index contributed by atoms with van der Waals surface area (Å²) in [6.45, 7) is 7.30. The Kier molecular flexibility index (Phi) is 7.45. The summed E-state index contributed by atoms with van der Waals surface area (Å²) in [5, 5.41) is 5.69. The maximum Gasteiger partial charge on any atom is 0.255 e. The molecule has 11 heteroatoms. The summed E-state index contributed by atoms with van der Waals surface area (Å²) in [6.07, 6.45) is 6.64. The molecule has 2 atom stereocenters. The molecule has 0 spiro atoms. The van der Waals surface area contributed by atoms with E-state index in [-0.39, 0.29) is 35.9 Å². The Hall–Kier alpha value is -3.80. The van der Waals surface area contributed by atoms with E-state index in [9.17, 15) is 9.59 Å². The molecule has 2 aliphatic rings. The molecule has 2 aromatic heterocycles. The molecule has 4 heterocycles. The number of anilines is 1. The van der Waals surface area contributed by atoms with Crippen molar-refractivity contribution in [2.45, 2.75) is 32.1 Å². The van der Waals surface area contributed by atoms with E-state index in [2.05, 4.69) is 30.5 Å². The number of fused-ring (bicyclic) bond motifs is 2. The number of rotatable bonds is 8. The van der Waals surface area contributed by atoms with E-state index in [0.29, 0.717) is 47.9 Å². The Bertz CT molecular complexity index is 1290. The fourth-order valence-corrected chi connectivity index (χ4v) is 4.37. The summed E-state index contributed by atoms with van der Waals surface area (Å²) in [5.41, 5.74) is 1.87. The van der Waals surface area contributed by atoms with Gasteiger partial charge in [-0.3, -0.25) is 14.5 Å². The van der Waals surface area contributed by atoms with Crippen molar-refractivity contribution in [1.29, 1.82) is 0 Å². The maximum atomic E-state index is 12.5. The number of carbonyl (C=O) groups is 2. The summed E-state index contributed by atoms with van der Waals surface area (Å²) in [5.74, 6) is 0.220. The van der Waals surface area contributed by atoms with E-state index in [1.165, 1.54) is 12.3 Å². The minimum Gasteiger partial charge on any atom is -0.437 e. The number of nitrogens with one attached hydrogen (secondary N) is 3. The van der Waals surface area contributed by atoms with Gasteiger partial charge in [0.2, 0.25) is 11.8 Å². The number of nitrogens with zero attached hydrogens (tertiary/aromatic N) is 3. The van der Waals surface area contributed by atoms with E-state index < -0.39 is 0 Å². The van der Waals surface area contributed by atoms with E-state index in [1.807, 2.05) is 19.9 Å². The fraction of sp³-hybridized carbons (Fsp3) is 0.385. The molecule has 1 aromatic carbocycles. The van der Waals surface area contributed by atoms with Crippen molar-refractivity contribution < 1.29 is 23.8 Å². The van der Waals surface area contributed by atoms with Crippen LogP contribution in [0, 0.1) is 0 Å². The molecule has 0 bridgehead atoms. The lowest BCUT2D eigenvalue weighted by Gasteiger charge is -2.24. The molecular weight excluding hydrogens is 476 g/mol. The number of aromatic amines is 1. The van der Waals surface area contributed by atoms with Gasteiger partial charge in [-0.2, -0.15) is 0 Å². The van der Waals surface area contributed by atoms with E-state index in [4.69, 9.17) is 14.2 Å². The highest BCUT2D eigenvalue weighted by molar-refractivity contribution is 6.04. The first kappa shape index (κ1) is 24.9. The second kappa shape index (κ2) is 11.1. The third kappa shape index (κ3) is 6.13. The van der Waals surface area contributed by atoms with Crippen molar-refractivity contribution in [3.63, 3.8) is 0 Å². The van der Waals surface area contributed by atoms with Crippen molar-refractivity contribution in [2.24, 2.45) is 0 Å². The van der Waals surface area contributed by atoms with Gasteiger partial charge < -0.3 is 29.8 Å². The Balaban J connectivity index is 1.18. The first-order chi connectivity index (χ1) is 17.9. The molecule has 2 fully saturated rings. The summed E-state index contributed by atoms with van der Waals surface area (Å²) in [4.78, 5) is 38.8. The third-order valence-electron chi connectivity index (χ3n) is 6.02. The molecule has 194 valence electrons. The van der Waals surface area contributed by atoms with Crippen LogP contribution in [-0.4, -0.2) is 82.8 Å². The third-order valence-corrected chi connectivity index (χ3v) is 6.02. The lowest BCUT2D eigenvalue weighted by molar-refractivity contribution is -0.116. The average Bonchev–Trinajstić information content (AvgIpc) is 3.47. The van der Waals surface area contributed by atoms with Crippen LogP contribution in [0.4, 0.5) is 5.69 Å². The van der Waals surface area contributed by atoms with Gasteiger partial charge in [0.15, 0.2) is 5.65 Å². The van der Waals surface area contributed by atoms with Gasteiger partial charge in [-0.1, -0.05) is 12.1 Å². The number of carbonyl (C=O) groups excluding carboxylic acids is 2. The van der Waals surface area contributed by atoms with Gasteiger partial charge in [0.1, 0.15) is 11.3 Å². The number of amides is 2. The Morgan fingerprint density at radius 3 is 2.78 bits per heavy atom. The minimum atomic E-state index is -0.241. The monoisotopic (exact) mass is 506 g/mol. The van der Waals surface area contributed by atoms with Crippen LogP contribution in [0.25, 0.3) is 11.2 Å². The fourth-order valence-electron chi connectivity index (χ4n) is 4.37. The summed E-state index contributed by atoms with van der Waals surface area (Å²) >= 11 is 0. The van der Waals surface area contributed by atoms with Crippen LogP contribution < -0.4 is 15.4 Å². The van der Waals surface area contributed by atoms with Crippen molar-refractivity contribution in [3.8, 4) is 11.6 Å². The molecule has 0 saturated carbocycles. The number of ether oxygens (including phenoxy) is 3. The zero-order valence-electron chi connectivity index (χ0n) is 20.8. The molecular formula is C26H30N6O5. The van der Waals surface area contributed by atoms with Crippen LogP contribution in [-0.2, 0) is 14.3 Å². The van der Waals surface area contributed by atoms with Gasteiger partial charge in [-0.05, 0) is 26.0 Å². The maximum absolute atomic E-state index is 12.5. The molecule has 11 nitrogen and oxygen atoms in total. The zero-order valence-corrected chi connectivity index (χ0v) is 20.8. The number of hydrogen-bond donors (Lipinski definition) is 3. The minimum absolute atomic E-state index is 0.00802. The second-order valence-electron chi connectivity index (χ2n) is 9.29. The summed E-state index contributed by atoms with van der Waals surface area (Å²) in [6, 6.07) is 6.98. The highest BCUT2D eigenvalue weighted by atomic mass is 16.6. The molecule has 2 amide bonds. The molecule has 2 saturated heterocycles. The van der Waals surface area contributed by atoms with Crippen molar-refractivity contribution in [1.82, 2.24) is 25.2 Å². The van der Waals surface area contributed by atoms with Crippen LogP contribution >= 0.6 is 0 Å².